The van der Waals surface area contributed by atoms with Crippen LogP contribution in [0.1, 0.15) is 74.6 Å². The first-order valence-electron chi connectivity index (χ1n) is 20.6. The number of azo groups is 2. The van der Waals surface area contributed by atoms with Gasteiger partial charge in [0.05, 0.1) is 27.5 Å². The third-order valence-electron chi connectivity index (χ3n) is 12.1. The summed E-state index contributed by atoms with van der Waals surface area (Å²) in [6.45, 7) is 9.21. The molecule has 1 radical (unpaired) electrons. The Morgan fingerprint density at radius 1 is 0.766 bits per heavy atom. The predicted octanol–water partition coefficient (Wildman–Crippen LogP) is 11.4. The van der Waals surface area contributed by atoms with Gasteiger partial charge in [0.25, 0.3) is 20.2 Å². The molecule has 0 spiro atoms. The largest absolute Gasteiger partial charge is 0.497 e. The fourth-order valence-electron chi connectivity index (χ4n) is 9.60. The van der Waals surface area contributed by atoms with Crippen molar-refractivity contribution in [2.24, 2.45) is 20.5 Å². The van der Waals surface area contributed by atoms with Crippen molar-refractivity contribution >= 4 is 108 Å². The van der Waals surface area contributed by atoms with Crippen molar-refractivity contribution in [1.82, 2.24) is 9.97 Å². The zero-order valence-corrected chi connectivity index (χ0v) is 40.8. The Kier molecular flexibility index (Phi) is 13.0. The Hall–Kier alpha value is -4.06. The number of aryl methyl sites for hydroxylation is 1. The molecule has 6 heterocycles. The molecule has 15 nitrogen and oxygen atoms in total. The molecule has 21 heteroatoms. The topological polar surface area (TPSA) is 200 Å². The van der Waals surface area contributed by atoms with Gasteiger partial charge in [-0.2, -0.15) is 16.8 Å². The molecule has 10 rings (SSSR count). The van der Waals surface area contributed by atoms with Gasteiger partial charge >= 0.3 is 0 Å². The second-order valence-electron chi connectivity index (χ2n) is 16.7. The summed E-state index contributed by atoms with van der Waals surface area (Å²) < 4.78 is 77.0. The number of thiazole rings is 2. The predicted molar refractivity (Wildman–Crippen MR) is 250 cm³/mol. The second-order valence-corrected chi connectivity index (χ2v) is 22.3. The zero-order chi connectivity index (χ0) is 44.4. The number of hydrogen-bond donors (Lipinski definition) is 2. The number of benzene rings is 4. The quantitative estimate of drug-likeness (QED) is 0.0832. The fourth-order valence-corrected chi connectivity index (χ4v) is 13.5. The van der Waals surface area contributed by atoms with Gasteiger partial charge in [-0.05, 0) is 142 Å². The standard InChI is InChI=1S/C23H26N4O4S2.C20H20N4O3S3.Co/c1-13-12-23(2,3)27-9-5-6-15-20(27)16(13)11-18(21(15)33(28,29)30)25-26-22-24-17-8-7-14(31-4)10-19(17)32-22;1-28-13-6-7-15-17(11-13)29-20(21-15)23-22-16-10-12-4-2-8-24-9-3-5-14(18(12)24)19(16)30(25,26)27;/h7-8,10-11,13H,5-6,9,12H2,1-4H3,(H,28,29,30);6-7,10-11H,2-5,8-9H2,1H3,(H,25,26,27);. The van der Waals surface area contributed by atoms with E-state index in [9.17, 15) is 25.9 Å². The molecule has 0 saturated heterocycles. The van der Waals surface area contributed by atoms with E-state index in [1.165, 1.54) is 22.7 Å². The number of nitrogens with zero attached hydrogens (tertiary/aromatic N) is 8. The Balaban J connectivity index is 0.000000173. The summed E-state index contributed by atoms with van der Waals surface area (Å²) in [5, 5.41) is 17.9. The van der Waals surface area contributed by atoms with Gasteiger partial charge in [-0.25, -0.2) is 9.97 Å². The van der Waals surface area contributed by atoms with Crippen LogP contribution in [0.25, 0.3) is 20.4 Å². The number of aromatic nitrogens is 2. The molecule has 1 unspecified atom stereocenters. The first kappa shape index (κ1) is 46.5. The second kappa shape index (κ2) is 18.0. The molecular formula is C43H46CoN8O7S5. The fraction of sp³-hybridized carbons (Fsp3) is 0.395. The van der Waals surface area contributed by atoms with Crippen molar-refractivity contribution in [1.29, 1.82) is 0 Å². The Morgan fingerprint density at radius 3 is 1.94 bits per heavy atom. The Morgan fingerprint density at radius 2 is 1.33 bits per heavy atom. The summed E-state index contributed by atoms with van der Waals surface area (Å²) in [6, 6.07) is 15.1. The number of rotatable bonds is 8. The van der Waals surface area contributed by atoms with Crippen LogP contribution in [0.4, 0.5) is 33.0 Å². The molecule has 0 amide bonds. The number of hydrogen-bond acceptors (Lipinski definition) is 16. The molecule has 0 fully saturated rings. The van der Waals surface area contributed by atoms with Crippen LogP contribution in [0.5, 0.6) is 5.75 Å². The Labute approximate surface area is 394 Å². The van der Waals surface area contributed by atoms with E-state index in [2.05, 4.69) is 67.1 Å². The van der Waals surface area contributed by atoms with Crippen molar-refractivity contribution in [3.05, 3.63) is 70.8 Å². The summed E-state index contributed by atoms with van der Waals surface area (Å²) >= 11 is 4.40. The monoisotopic (exact) mass is 1010 g/mol. The van der Waals surface area contributed by atoms with Crippen LogP contribution in [-0.4, -0.2) is 74.4 Å². The van der Waals surface area contributed by atoms with E-state index in [0.29, 0.717) is 34.2 Å². The molecule has 2 aromatic heterocycles. The molecule has 4 aliphatic rings. The first-order valence-corrected chi connectivity index (χ1v) is 26.3. The first-order chi connectivity index (χ1) is 30.0. The minimum atomic E-state index is -4.51. The van der Waals surface area contributed by atoms with Crippen LogP contribution in [-0.2, 0) is 56.3 Å². The van der Waals surface area contributed by atoms with Gasteiger partial charge in [0.1, 0.15) is 26.9 Å². The maximum Gasteiger partial charge on any atom is 0.297 e. The molecule has 339 valence electrons. The van der Waals surface area contributed by atoms with Gasteiger partial charge < -0.3 is 14.5 Å². The van der Waals surface area contributed by atoms with E-state index in [1.54, 1.807) is 31.0 Å². The molecule has 64 heavy (non-hydrogen) atoms. The van der Waals surface area contributed by atoms with Crippen molar-refractivity contribution in [2.75, 3.05) is 42.8 Å². The minimum absolute atomic E-state index is 0. The molecule has 4 aliphatic heterocycles. The summed E-state index contributed by atoms with van der Waals surface area (Å²) in [5.41, 5.74) is 7.19. The maximum absolute atomic E-state index is 12.5. The Bertz CT molecular complexity index is 3100. The number of methoxy groups -OCH3 is 1. The third-order valence-corrected chi connectivity index (χ3v) is 16.6. The summed E-state index contributed by atoms with van der Waals surface area (Å²) in [6.07, 6.45) is 7.69. The summed E-state index contributed by atoms with van der Waals surface area (Å²) in [4.78, 5) is 14.4. The van der Waals surface area contributed by atoms with Crippen molar-refractivity contribution in [3.63, 3.8) is 0 Å². The SMILES string of the molecule is COc1ccc2nc(N=Nc3cc4c5c(c3S(=O)(=O)O)CCCN5C(C)(C)CC4C)sc2c1.CSc1ccc2nc(N=Nc3cc4c5c(c3S(=O)(=O)O)CCCN5CCC4)sc2c1.[Co]. The van der Waals surface area contributed by atoms with Crippen LogP contribution >= 0.6 is 34.4 Å². The zero-order valence-electron chi connectivity index (χ0n) is 35.7. The molecule has 2 N–H and O–H groups in total. The summed E-state index contributed by atoms with van der Waals surface area (Å²) in [7, 11) is -7.34. The number of anilines is 2. The number of thioether (sulfide) groups is 1. The normalized spacial score (nSPS) is 17.9. The smallest absolute Gasteiger partial charge is 0.297 e. The van der Waals surface area contributed by atoms with Crippen LogP contribution in [0, 0.1) is 0 Å². The van der Waals surface area contributed by atoms with E-state index >= 15 is 0 Å². The van der Waals surface area contributed by atoms with Gasteiger partial charge in [0.15, 0.2) is 0 Å². The third kappa shape index (κ3) is 8.94. The van der Waals surface area contributed by atoms with Crippen molar-refractivity contribution < 1.29 is 47.5 Å². The van der Waals surface area contributed by atoms with Gasteiger partial charge in [-0.1, -0.05) is 29.6 Å². The number of ether oxygens (including phenoxy) is 1. The minimum Gasteiger partial charge on any atom is -0.497 e. The van der Waals surface area contributed by atoms with Gasteiger partial charge in [-0.3, -0.25) is 9.11 Å². The van der Waals surface area contributed by atoms with E-state index in [1.807, 2.05) is 36.6 Å². The van der Waals surface area contributed by atoms with E-state index in [0.717, 1.165) is 105 Å². The van der Waals surface area contributed by atoms with Crippen molar-refractivity contribution in [3.8, 4) is 5.75 Å². The summed E-state index contributed by atoms with van der Waals surface area (Å²) in [5.74, 6) is 0.945. The van der Waals surface area contributed by atoms with Crippen LogP contribution < -0.4 is 14.5 Å². The van der Waals surface area contributed by atoms with Gasteiger partial charge in [0, 0.05) is 58.2 Å². The molecule has 0 saturated carbocycles. The maximum atomic E-state index is 12.5. The van der Waals surface area contributed by atoms with E-state index < -0.39 is 20.2 Å². The van der Waals surface area contributed by atoms with Crippen molar-refractivity contribution in [2.45, 2.75) is 91.9 Å². The van der Waals surface area contributed by atoms with E-state index in [-0.39, 0.29) is 49.4 Å². The average molecular weight is 1010 g/mol. The molecular weight excluding hydrogens is 960 g/mol. The number of fused-ring (bicyclic) bond motifs is 2. The van der Waals surface area contributed by atoms with Gasteiger partial charge in [-0.15, -0.1) is 32.2 Å². The average Bonchev–Trinajstić information content (AvgIpc) is 3.86. The van der Waals surface area contributed by atoms with Crippen LogP contribution in [0.3, 0.4) is 0 Å². The van der Waals surface area contributed by atoms with Gasteiger partial charge in [0.2, 0.25) is 10.3 Å². The molecule has 6 aromatic rings. The molecule has 0 aliphatic carbocycles. The molecule has 0 bridgehead atoms. The van der Waals surface area contributed by atoms with E-state index in [4.69, 9.17) is 4.74 Å². The molecule has 4 aromatic carbocycles. The van der Waals surface area contributed by atoms with Crippen LogP contribution in [0.2, 0.25) is 0 Å². The molecule has 1 atom stereocenters. The van der Waals surface area contributed by atoms with Crippen LogP contribution in [0.15, 0.2) is 83.7 Å².